The van der Waals surface area contributed by atoms with Gasteiger partial charge in [0.1, 0.15) is 0 Å². The maximum absolute atomic E-state index is 12.9. The second kappa shape index (κ2) is 8.05. The van der Waals surface area contributed by atoms with Gasteiger partial charge >= 0.3 is 0 Å². The number of nitrogens with zero attached hydrogens (tertiary/aromatic N) is 3. The molecule has 31 heavy (non-hydrogen) atoms. The van der Waals surface area contributed by atoms with Gasteiger partial charge in [0.2, 0.25) is 0 Å². The zero-order chi connectivity index (χ0) is 22.3. The third kappa shape index (κ3) is 3.87. The van der Waals surface area contributed by atoms with E-state index in [0.29, 0.717) is 21.3 Å². The number of carbonyl (C=O) groups excluding carboxylic acids is 2. The second-order valence-electron chi connectivity index (χ2n) is 6.93. The number of halogens is 1. The van der Waals surface area contributed by atoms with Crippen molar-refractivity contribution in [1.29, 1.82) is 0 Å². The molecule has 0 atom stereocenters. The van der Waals surface area contributed by atoms with Crippen LogP contribution in [0.15, 0.2) is 59.5 Å². The van der Waals surface area contributed by atoms with Crippen LogP contribution >= 0.6 is 23.4 Å². The minimum Gasteiger partial charge on any atom is -0.318 e. The Bertz CT molecular complexity index is 1260. The molecule has 7 nitrogen and oxygen atoms in total. The lowest BCUT2D eigenvalue weighted by atomic mass is 10.2. The molecule has 2 amide bonds. The molecule has 2 aromatic carbocycles. The lowest BCUT2D eigenvalue weighted by Crippen LogP contribution is -2.27. The standard InChI is InChI=1S/C22H16ClN3O4S/c1-13-10-15(14(2)24(13)18-4-3-5-19(12-18)26(29)30)11-20-21(27)25(22(28)31-20)17-8-6-16(23)7-9-17/h3-12H,1-2H3/b20-11+. The number of aryl methyl sites for hydroxylation is 1. The molecule has 9 heteroatoms. The molecular formula is C22H16ClN3O4S. The van der Waals surface area contributed by atoms with Crippen LogP contribution in [-0.2, 0) is 4.79 Å². The van der Waals surface area contributed by atoms with Crippen molar-refractivity contribution >= 4 is 52.0 Å². The van der Waals surface area contributed by atoms with Gasteiger partial charge < -0.3 is 4.57 Å². The number of rotatable bonds is 4. The lowest BCUT2D eigenvalue weighted by molar-refractivity contribution is -0.384. The number of benzene rings is 2. The van der Waals surface area contributed by atoms with Crippen LogP contribution < -0.4 is 4.90 Å². The van der Waals surface area contributed by atoms with Gasteiger partial charge in [-0.3, -0.25) is 19.7 Å². The average Bonchev–Trinajstić information content (AvgIpc) is 3.17. The summed E-state index contributed by atoms with van der Waals surface area (Å²) in [6.07, 6.45) is 1.68. The highest BCUT2D eigenvalue weighted by molar-refractivity contribution is 8.19. The molecule has 3 aromatic rings. The predicted octanol–water partition coefficient (Wildman–Crippen LogP) is 5.90. The first-order chi connectivity index (χ1) is 14.8. The van der Waals surface area contributed by atoms with Crippen molar-refractivity contribution < 1.29 is 14.5 Å². The number of amides is 2. The number of carbonyl (C=O) groups is 2. The van der Waals surface area contributed by atoms with Crippen molar-refractivity contribution in [2.24, 2.45) is 0 Å². The third-order valence-corrected chi connectivity index (χ3v) is 6.06. The maximum Gasteiger partial charge on any atom is 0.298 e. The zero-order valence-electron chi connectivity index (χ0n) is 16.5. The molecule has 1 saturated heterocycles. The van der Waals surface area contributed by atoms with Gasteiger partial charge in [0, 0.05) is 28.5 Å². The van der Waals surface area contributed by atoms with Crippen LogP contribution in [0.2, 0.25) is 5.02 Å². The molecule has 0 spiro atoms. The minimum atomic E-state index is -0.439. The highest BCUT2D eigenvalue weighted by Crippen LogP contribution is 2.37. The molecule has 0 aliphatic carbocycles. The first-order valence-corrected chi connectivity index (χ1v) is 10.4. The zero-order valence-corrected chi connectivity index (χ0v) is 18.1. The van der Waals surface area contributed by atoms with E-state index < -0.39 is 10.8 Å². The Labute approximate surface area is 187 Å². The summed E-state index contributed by atoms with van der Waals surface area (Å²) in [5.74, 6) is -0.405. The SMILES string of the molecule is Cc1cc(/C=C2/SC(=O)N(c3ccc(Cl)cc3)C2=O)c(C)n1-c1cccc([N+](=O)[O-])c1. The Morgan fingerprint density at radius 3 is 2.42 bits per heavy atom. The normalized spacial score (nSPS) is 15.2. The smallest absolute Gasteiger partial charge is 0.298 e. The van der Waals surface area contributed by atoms with Crippen molar-refractivity contribution in [2.45, 2.75) is 13.8 Å². The molecule has 4 rings (SSSR count). The monoisotopic (exact) mass is 453 g/mol. The molecule has 1 aromatic heterocycles. The fraction of sp³-hybridized carbons (Fsp3) is 0.0909. The summed E-state index contributed by atoms with van der Waals surface area (Å²) in [5, 5.41) is 11.3. The molecule has 2 heterocycles. The van der Waals surface area contributed by atoms with Crippen molar-refractivity contribution in [3.8, 4) is 5.69 Å². The number of imide groups is 1. The van der Waals surface area contributed by atoms with Gasteiger partial charge in [-0.05, 0) is 73.6 Å². The van der Waals surface area contributed by atoms with Crippen LogP contribution in [0, 0.1) is 24.0 Å². The van der Waals surface area contributed by atoms with Gasteiger partial charge in [-0.2, -0.15) is 0 Å². The van der Waals surface area contributed by atoms with Crippen LogP contribution in [0.5, 0.6) is 0 Å². The molecule has 1 aliphatic heterocycles. The van der Waals surface area contributed by atoms with Crippen LogP contribution in [0.3, 0.4) is 0 Å². The van der Waals surface area contributed by atoms with E-state index >= 15 is 0 Å². The lowest BCUT2D eigenvalue weighted by Gasteiger charge is -2.12. The van der Waals surface area contributed by atoms with Crippen LogP contribution in [0.25, 0.3) is 11.8 Å². The fourth-order valence-corrected chi connectivity index (χ4v) is 4.46. The van der Waals surface area contributed by atoms with Gasteiger partial charge in [-0.1, -0.05) is 17.7 Å². The van der Waals surface area contributed by atoms with E-state index in [4.69, 9.17) is 11.6 Å². The molecular weight excluding hydrogens is 438 g/mol. The summed E-state index contributed by atoms with van der Waals surface area (Å²) in [5.41, 5.74) is 3.51. The molecule has 156 valence electrons. The van der Waals surface area contributed by atoms with Gasteiger partial charge in [0.05, 0.1) is 21.2 Å². The van der Waals surface area contributed by atoms with E-state index in [0.717, 1.165) is 33.6 Å². The Balaban J connectivity index is 1.70. The summed E-state index contributed by atoms with van der Waals surface area (Å²) >= 11 is 6.76. The summed E-state index contributed by atoms with van der Waals surface area (Å²) in [6.45, 7) is 3.74. The number of non-ortho nitro benzene ring substituents is 1. The Kier molecular flexibility index (Phi) is 5.43. The fourth-order valence-electron chi connectivity index (χ4n) is 3.50. The minimum absolute atomic E-state index is 0.00404. The van der Waals surface area contributed by atoms with Gasteiger partial charge in [0.25, 0.3) is 16.8 Å². The first kappa shape index (κ1) is 20.9. The molecule has 1 fully saturated rings. The number of nitro benzene ring substituents is 1. The second-order valence-corrected chi connectivity index (χ2v) is 8.36. The molecule has 0 N–H and O–H groups in total. The van der Waals surface area contributed by atoms with Crippen molar-refractivity contribution in [3.05, 3.63) is 91.6 Å². The third-order valence-electron chi connectivity index (χ3n) is 4.93. The summed E-state index contributed by atoms with van der Waals surface area (Å²) in [6, 6.07) is 14.7. The van der Waals surface area contributed by atoms with E-state index in [1.165, 1.54) is 12.1 Å². The van der Waals surface area contributed by atoms with E-state index in [2.05, 4.69) is 0 Å². The van der Waals surface area contributed by atoms with Gasteiger partial charge in [-0.15, -0.1) is 0 Å². The topological polar surface area (TPSA) is 85.5 Å². The number of thioether (sulfide) groups is 1. The summed E-state index contributed by atoms with van der Waals surface area (Å²) in [7, 11) is 0. The largest absolute Gasteiger partial charge is 0.318 e. The van der Waals surface area contributed by atoms with E-state index in [1.54, 1.807) is 42.5 Å². The summed E-state index contributed by atoms with van der Waals surface area (Å²) in [4.78, 5) is 37.5. The maximum atomic E-state index is 12.9. The number of aromatic nitrogens is 1. The molecule has 0 radical (unpaired) electrons. The Hall–Kier alpha value is -3.36. The average molecular weight is 454 g/mol. The number of hydrogen-bond donors (Lipinski definition) is 0. The van der Waals surface area contributed by atoms with Crippen molar-refractivity contribution in [3.63, 3.8) is 0 Å². The van der Waals surface area contributed by atoms with Gasteiger partial charge in [-0.25, -0.2) is 4.90 Å². The molecule has 1 aliphatic rings. The molecule has 0 bridgehead atoms. The van der Waals surface area contributed by atoms with E-state index in [1.807, 2.05) is 24.5 Å². The summed E-state index contributed by atoms with van der Waals surface area (Å²) < 4.78 is 1.88. The quantitative estimate of drug-likeness (QED) is 0.279. The van der Waals surface area contributed by atoms with Crippen LogP contribution in [0.1, 0.15) is 17.0 Å². The van der Waals surface area contributed by atoms with E-state index in [-0.39, 0.29) is 10.9 Å². The number of nitro groups is 1. The van der Waals surface area contributed by atoms with E-state index in [9.17, 15) is 19.7 Å². The van der Waals surface area contributed by atoms with Crippen LogP contribution in [-0.4, -0.2) is 20.6 Å². The predicted molar refractivity (Wildman–Crippen MR) is 122 cm³/mol. The Morgan fingerprint density at radius 2 is 1.74 bits per heavy atom. The van der Waals surface area contributed by atoms with Crippen molar-refractivity contribution in [1.82, 2.24) is 4.57 Å². The number of anilines is 1. The molecule has 0 unspecified atom stereocenters. The highest BCUT2D eigenvalue weighted by Gasteiger charge is 2.36. The first-order valence-electron chi connectivity index (χ1n) is 9.23. The number of hydrogen-bond acceptors (Lipinski definition) is 5. The Morgan fingerprint density at radius 1 is 1.03 bits per heavy atom. The molecule has 0 saturated carbocycles. The van der Waals surface area contributed by atoms with Crippen molar-refractivity contribution in [2.75, 3.05) is 4.90 Å². The van der Waals surface area contributed by atoms with Gasteiger partial charge in [0.15, 0.2) is 0 Å². The van der Waals surface area contributed by atoms with Crippen LogP contribution in [0.4, 0.5) is 16.2 Å². The highest BCUT2D eigenvalue weighted by atomic mass is 35.5.